The molecule has 1 amide bonds. The molecular weight excluding hydrogens is 256 g/mol. The monoisotopic (exact) mass is 268 g/mol. The molecule has 2 atom stereocenters. The van der Waals surface area contributed by atoms with Gasteiger partial charge in [0.2, 0.25) is 5.91 Å². The van der Waals surface area contributed by atoms with E-state index in [0.717, 1.165) is 6.42 Å². The van der Waals surface area contributed by atoms with Crippen molar-refractivity contribution in [3.63, 3.8) is 0 Å². The maximum absolute atomic E-state index is 12.0. The van der Waals surface area contributed by atoms with E-state index in [9.17, 15) is 9.59 Å². The first-order valence-corrected chi connectivity index (χ1v) is 6.11. The van der Waals surface area contributed by atoms with E-state index in [2.05, 4.69) is 10.3 Å². The number of amides is 1. The van der Waals surface area contributed by atoms with Crippen LogP contribution in [0.15, 0.2) is 18.3 Å². The van der Waals surface area contributed by atoms with Crippen molar-refractivity contribution in [3.8, 4) is 0 Å². The normalized spacial score (nSPS) is 22.7. The fourth-order valence-electron chi connectivity index (χ4n) is 2.27. The number of hydrogen-bond donors (Lipinski definition) is 2. The Labute approximate surface area is 109 Å². The zero-order valence-electron chi connectivity index (χ0n) is 9.60. The molecule has 1 aromatic heterocycles. The Bertz CT molecular complexity index is 478. The van der Waals surface area contributed by atoms with Crippen LogP contribution in [-0.4, -0.2) is 22.0 Å². The molecule has 1 fully saturated rings. The zero-order chi connectivity index (χ0) is 13.1. The van der Waals surface area contributed by atoms with Gasteiger partial charge in [0.05, 0.1) is 17.5 Å². The largest absolute Gasteiger partial charge is 0.481 e. The molecule has 0 saturated heterocycles. The Morgan fingerprint density at radius 3 is 2.78 bits per heavy atom. The summed E-state index contributed by atoms with van der Waals surface area (Å²) in [6, 6.07) is 3.29. The molecule has 2 rings (SSSR count). The van der Waals surface area contributed by atoms with Crippen molar-refractivity contribution in [2.45, 2.75) is 19.3 Å². The molecule has 0 radical (unpaired) electrons. The number of nitrogens with one attached hydrogen (secondary N) is 1. The fourth-order valence-corrected chi connectivity index (χ4v) is 2.44. The minimum absolute atomic E-state index is 0.204. The van der Waals surface area contributed by atoms with Gasteiger partial charge >= 0.3 is 5.97 Å². The minimum atomic E-state index is -0.912. The standard InChI is InChI=1S/C12H13ClN2O3/c13-10-9(5-2-6-14-10)15-11(16)7-3-1-4-8(7)12(17)18/h2,5-8H,1,3-4H2,(H,15,16)(H,17,18)/t7-,8+/m1/s1. The zero-order valence-corrected chi connectivity index (χ0v) is 10.4. The van der Waals surface area contributed by atoms with Crippen molar-refractivity contribution in [2.24, 2.45) is 11.8 Å². The fraction of sp³-hybridized carbons (Fsp3) is 0.417. The molecule has 6 heteroatoms. The number of carbonyl (C=O) groups excluding carboxylic acids is 1. The highest BCUT2D eigenvalue weighted by molar-refractivity contribution is 6.32. The lowest BCUT2D eigenvalue weighted by atomic mass is 9.95. The maximum atomic E-state index is 12.0. The molecule has 1 heterocycles. The Kier molecular flexibility index (Phi) is 3.81. The molecule has 0 spiro atoms. The van der Waals surface area contributed by atoms with Crippen molar-refractivity contribution in [1.82, 2.24) is 4.98 Å². The predicted molar refractivity (Wildman–Crippen MR) is 66.3 cm³/mol. The van der Waals surface area contributed by atoms with Crippen molar-refractivity contribution < 1.29 is 14.7 Å². The predicted octanol–water partition coefficient (Wildman–Crippen LogP) is 2.17. The number of aliphatic carboxylic acids is 1. The van der Waals surface area contributed by atoms with Crippen LogP contribution in [0.1, 0.15) is 19.3 Å². The van der Waals surface area contributed by atoms with Crippen LogP contribution in [0.4, 0.5) is 5.69 Å². The summed E-state index contributed by atoms with van der Waals surface area (Å²) in [5.41, 5.74) is 0.417. The third-order valence-corrected chi connectivity index (χ3v) is 3.49. The van der Waals surface area contributed by atoms with E-state index in [1.54, 1.807) is 12.1 Å². The van der Waals surface area contributed by atoms with Gasteiger partial charge in [-0.1, -0.05) is 18.0 Å². The van der Waals surface area contributed by atoms with Gasteiger partial charge in [-0.05, 0) is 25.0 Å². The number of nitrogens with zero attached hydrogens (tertiary/aromatic N) is 1. The molecule has 5 nitrogen and oxygen atoms in total. The summed E-state index contributed by atoms with van der Waals surface area (Å²) in [4.78, 5) is 26.9. The average Bonchev–Trinajstić information content (AvgIpc) is 2.81. The summed E-state index contributed by atoms with van der Waals surface area (Å²) in [6.07, 6.45) is 3.43. The number of aromatic nitrogens is 1. The lowest BCUT2D eigenvalue weighted by molar-refractivity contribution is -0.145. The van der Waals surface area contributed by atoms with E-state index in [-0.39, 0.29) is 11.1 Å². The highest BCUT2D eigenvalue weighted by Crippen LogP contribution is 2.33. The van der Waals surface area contributed by atoms with Gasteiger partial charge in [0.15, 0.2) is 5.15 Å². The third kappa shape index (κ3) is 2.61. The van der Waals surface area contributed by atoms with Crippen LogP contribution < -0.4 is 5.32 Å². The molecule has 96 valence electrons. The third-order valence-electron chi connectivity index (χ3n) is 3.19. The summed E-state index contributed by atoms with van der Waals surface area (Å²) in [6.45, 7) is 0. The average molecular weight is 269 g/mol. The lowest BCUT2D eigenvalue weighted by Crippen LogP contribution is -2.30. The molecule has 1 aliphatic carbocycles. The highest BCUT2D eigenvalue weighted by Gasteiger charge is 2.37. The second-order valence-corrected chi connectivity index (χ2v) is 4.67. The van der Waals surface area contributed by atoms with E-state index in [1.807, 2.05) is 0 Å². The van der Waals surface area contributed by atoms with Crippen LogP contribution in [0.5, 0.6) is 0 Å². The number of halogens is 1. The number of carboxylic acid groups (broad SMARTS) is 1. The topological polar surface area (TPSA) is 79.3 Å². The molecule has 0 unspecified atom stereocenters. The summed E-state index contributed by atoms with van der Waals surface area (Å²) < 4.78 is 0. The van der Waals surface area contributed by atoms with E-state index in [1.165, 1.54) is 6.20 Å². The first-order chi connectivity index (χ1) is 8.59. The van der Waals surface area contributed by atoms with Crippen LogP contribution in [-0.2, 0) is 9.59 Å². The van der Waals surface area contributed by atoms with Crippen molar-refractivity contribution in [2.75, 3.05) is 5.32 Å². The lowest BCUT2D eigenvalue weighted by Gasteiger charge is -2.15. The molecule has 1 aromatic rings. The molecule has 18 heavy (non-hydrogen) atoms. The molecule has 1 aliphatic rings. The van der Waals surface area contributed by atoms with Gasteiger partial charge in [-0.2, -0.15) is 0 Å². The Morgan fingerprint density at radius 2 is 2.11 bits per heavy atom. The van der Waals surface area contributed by atoms with Gasteiger partial charge < -0.3 is 10.4 Å². The van der Waals surface area contributed by atoms with E-state index in [4.69, 9.17) is 16.7 Å². The highest BCUT2D eigenvalue weighted by atomic mass is 35.5. The SMILES string of the molecule is O=C(O)[C@H]1CCC[C@H]1C(=O)Nc1cccnc1Cl. The van der Waals surface area contributed by atoms with Gasteiger partial charge in [-0.15, -0.1) is 0 Å². The van der Waals surface area contributed by atoms with E-state index >= 15 is 0 Å². The van der Waals surface area contributed by atoms with Crippen molar-refractivity contribution in [1.29, 1.82) is 0 Å². The Morgan fingerprint density at radius 1 is 1.39 bits per heavy atom. The smallest absolute Gasteiger partial charge is 0.307 e. The van der Waals surface area contributed by atoms with Gasteiger partial charge in [0.1, 0.15) is 0 Å². The second-order valence-electron chi connectivity index (χ2n) is 4.31. The van der Waals surface area contributed by atoms with Gasteiger partial charge in [-0.25, -0.2) is 4.98 Å². The van der Waals surface area contributed by atoms with Crippen LogP contribution in [0.25, 0.3) is 0 Å². The number of carbonyl (C=O) groups is 2. The van der Waals surface area contributed by atoms with Crippen molar-refractivity contribution in [3.05, 3.63) is 23.5 Å². The van der Waals surface area contributed by atoms with Crippen LogP contribution in [0, 0.1) is 11.8 Å². The molecule has 0 bridgehead atoms. The number of hydrogen-bond acceptors (Lipinski definition) is 3. The van der Waals surface area contributed by atoms with Gasteiger partial charge in [-0.3, -0.25) is 9.59 Å². The van der Waals surface area contributed by atoms with E-state index < -0.39 is 17.8 Å². The van der Waals surface area contributed by atoms with Crippen LogP contribution in [0.2, 0.25) is 5.15 Å². The first-order valence-electron chi connectivity index (χ1n) is 5.74. The summed E-state index contributed by atoms with van der Waals surface area (Å²) >= 11 is 5.83. The summed E-state index contributed by atoms with van der Waals surface area (Å²) in [5.74, 6) is -2.29. The molecule has 0 aromatic carbocycles. The molecule has 1 saturated carbocycles. The summed E-state index contributed by atoms with van der Waals surface area (Å²) in [5, 5.41) is 11.9. The quantitative estimate of drug-likeness (QED) is 0.824. The van der Waals surface area contributed by atoms with Crippen LogP contribution >= 0.6 is 11.6 Å². The molecule has 2 N–H and O–H groups in total. The van der Waals surface area contributed by atoms with Gasteiger partial charge in [0, 0.05) is 6.20 Å². The molecular formula is C12H13ClN2O3. The molecule has 0 aliphatic heterocycles. The van der Waals surface area contributed by atoms with Gasteiger partial charge in [0.25, 0.3) is 0 Å². The minimum Gasteiger partial charge on any atom is -0.481 e. The number of pyridine rings is 1. The number of anilines is 1. The summed E-state index contributed by atoms with van der Waals surface area (Å²) in [7, 11) is 0. The number of carboxylic acids is 1. The Balaban J connectivity index is 2.08. The van der Waals surface area contributed by atoms with E-state index in [0.29, 0.717) is 18.5 Å². The van der Waals surface area contributed by atoms with Crippen LogP contribution in [0.3, 0.4) is 0 Å². The van der Waals surface area contributed by atoms with Crippen molar-refractivity contribution >= 4 is 29.2 Å². The Hall–Kier alpha value is -1.62. The second kappa shape index (κ2) is 5.35. The maximum Gasteiger partial charge on any atom is 0.307 e. The number of rotatable bonds is 3. The first kappa shape index (κ1) is 12.8.